The van der Waals surface area contributed by atoms with Gasteiger partial charge in [0.1, 0.15) is 6.61 Å². The third kappa shape index (κ3) is 4.05. The van der Waals surface area contributed by atoms with E-state index in [9.17, 15) is 22.4 Å². The topological polar surface area (TPSA) is 102 Å². The molecule has 1 atom stereocenters. The molecule has 0 saturated carbocycles. The number of imide groups is 1. The van der Waals surface area contributed by atoms with Gasteiger partial charge in [-0.3, -0.25) is 19.1 Å². The van der Waals surface area contributed by atoms with E-state index in [1.807, 2.05) is 0 Å². The number of nitrogens with one attached hydrogen (secondary N) is 1. The minimum Gasteiger partial charge on any atom is -0.296 e. The van der Waals surface area contributed by atoms with E-state index in [1.54, 1.807) is 0 Å². The van der Waals surface area contributed by atoms with Crippen LogP contribution in [0.5, 0.6) is 0 Å². The highest BCUT2D eigenvalue weighted by atomic mass is 32.2. The van der Waals surface area contributed by atoms with Crippen LogP contribution in [0.2, 0.25) is 0 Å². The van der Waals surface area contributed by atoms with E-state index in [0.29, 0.717) is 0 Å². The first-order valence-corrected chi connectivity index (χ1v) is 7.91. The number of hydrogen-bond donors (Lipinski definition) is 1. The number of amides is 2. The molecule has 2 heterocycles. The molecule has 0 radical (unpaired) electrons. The predicted molar refractivity (Wildman–Crippen MR) is 69.0 cm³/mol. The molecular formula is C12H13FN2O5S. The van der Waals surface area contributed by atoms with E-state index >= 15 is 0 Å². The van der Waals surface area contributed by atoms with Crippen LogP contribution < -0.4 is 5.32 Å². The third-order valence-electron chi connectivity index (χ3n) is 2.97. The summed E-state index contributed by atoms with van der Waals surface area (Å²) in [4.78, 5) is 26.3. The lowest BCUT2D eigenvalue weighted by Crippen LogP contribution is -2.39. The summed E-state index contributed by atoms with van der Waals surface area (Å²) in [5, 5.41) is 2.14. The first-order valence-electron chi connectivity index (χ1n) is 6.09. The highest BCUT2D eigenvalue weighted by Gasteiger charge is 2.30. The molecule has 0 spiro atoms. The zero-order valence-electron chi connectivity index (χ0n) is 11.1. The Morgan fingerprint density at radius 3 is 2.71 bits per heavy atom. The van der Waals surface area contributed by atoms with Crippen molar-refractivity contribution in [3.8, 4) is 0 Å². The summed E-state index contributed by atoms with van der Waals surface area (Å²) in [7, 11) is -3.64. The number of carbonyl (C=O) groups excluding carboxylic acids is 2. The molecule has 2 amide bonds. The van der Waals surface area contributed by atoms with Gasteiger partial charge in [0, 0.05) is 12.0 Å². The average molecular weight is 316 g/mol. The van der Waals surface area contributed by atoms with E-state index in [0.717, 1.165) is 6.26 Å². The van der Waals surface area contributed by atoms with Crippen molar-refractivity contribution >= 4 is 21.9 Å². The SMILES string of the molecule is CS(=O)(=O)OCc1ccc(C2CCC(=O)NC2=O)c(F)n1. The van der Waals surface area contributed by atoms with Gasteiger partial charge in [-0.25, -0.2) is 4.98 Å². The molecule has 1 aliphatic heterocycles. The quantitative estimate of drug-likeness (QED) is 0.484. The molecule has 1 aliphatic rings. The first-order chi connectivity index (χ1) is 9.76. The zero-order chi connectivity index (χ0) is 15.6. The van der Waals surface area contributed by atoms with Crippen LogP contribution in [0, 0.1) is 5.95 Å². The lowest BCUT2D eigenvalue weighted by Gasteiger charge is -2.21. The molecule has 1 saturated heterocycles. The number of nitrogens with zero attached hydrogens (tertiary/aromatic N) is 1. The van der Waals surface area contributed by atoms with E-state index in [2.05, 4.69) is 14.5 Å². The van der Waals surface area contributed by atoms with Gasteiger partial charge in [-0.2, -0.15) is 12.8 Å². The number of aromatic nitrogens is 1. The molecule has 7 nitrogen and oxygen atoms in total. The van der Waals surface area contributed by atoms with Gasteiger partial charge < -0.3 is 0 Å². The van der Waals surface area contributed by atoms with Gasteiger partial charge in [-0.1, -0.05) is 6.07 Å². The van der Waals surface area contributed by atoms with E-state index < -0.39 is 27.9 Å². The lowest BCUT2D eigenvalue weighted by molar-refractivity contribution is -0.134. The van der Waals surface area contributed by atoms with E-state index in [4.69, 9.17) is 0 Å². The van der Waals surface area contributed by atoms with Crippen molar-refractivity contribution in [2.75, 3.05) is 6.26 Å². The number of piperidine rings is 1. The van der Waals surface area contributed by atoms with Crippen molar-refractivity contribution in [3.05, 3.63) is 29.3 Å². The summed E-state index contributed by atoms with van der Waals surface area (Å²) in [6.45, 7) is -0.384. The summed E-state index contributed by atoms with van der Waals surface area (Å²) in [6.07, 6.45) is 1.22. The van der Waals surface area contributed by atoms with Gasteiger partial charge in [0.2, 0.25) is 17.8 Å². The molecule has 9 heteroatoms. The van der Waals surface area contributed by atoms with Gasteiger partial charge in [0.25, 0.3) is 10.1 Å². The Morgan fingerprint density at radius 1 is 1.43 bits per heavy atom. The monoisotopic (exact) mass is 316 g/mol. The molecule has 114 valence electrons. The van der Waals surface area contributed by atoms with Crippen LogP contribution >= 0.6 is 0 Å². The minimum atomic E-state index is -3.64. The van der Waals surface area contributed by atoms with Crippen LogP contribution in [0.15, 0.2) is 12.1 Å². The summed E-state index contributed by atoms with van der Waals surface area (Å²) in [6, 6.07) is 2.73. The predicted octanol–water partition coefficient (Wildman–Crippen LogP) is 0.217. The summed E-state index contributed by atoms with van der Waals surface area (Å²) < 4.78 is 40.2. The van der Waals surface area contributed by atoms with Gasteiger partial charge in [0.05, 0.1) is 17.9 Å². The molecule has 2 rings (SSSR count). The second-order valence-electron chi connectivity index (χ2n) is 4.65. The smallest absolute Gasteiger partial charge is 0.264 e. The number of rotatable bonds is 4. The van der Waals surface area contributed by atoms with Crippen molar-refractivity contribution in [3.63, 3.8) is 0 Å². The fourth-order valence-corrected chi connectivity index (χ4v) is 2.32. The lowest BCUT2D eigenvalue weighted by atomic mass is 9.91. The van der Waals surface area contributed by atoms with E-state index in [1.165, 1.54) is 12.1 Å². The number of pyridine rings is 1. The van der Waals surface area contributed by atoms with Crippen molar-refractivity contribution in [1.29, 1.82) is 0 Å². The second kappa shape index (κ2) is 5.86. The Kier molecular flexibility index (Phi) is 4.33. The molecule has 1 fully saturated rings. The van der Waals surface area contributed by atoms with Gasteiger partial charge in [-0.05, 0) is 12.5 Å². The molecule has 0 aliphatic carbocycles. The van der Waals surface area contributed by atoms with Crippen molar-refractivity contribution < 1.29 is 26.6 Å². The molecule has 1 unspecified atom stereocenters. The average Bonchev–Trinajstić information content (AvgIpc) is 2.37. The number of carbonyl (C=O) groups is 2. The maximum atomic E-state index is 13.9. The number of halogens is 1. The Balaban J connectivity index is 2.16. The largest absolute Gasteiger partial charge is 0.296 e. The fraction of sp³-hybridized carbons (Fsp3) is 0.417. The molecule has 0 aromatic carbocycles. The Bertz CT molecular complexity index is 689. The van der Waals surface area contributed by atoms with Crippen LogP contribution in [0.4, 0.5) is 4.39 Å². The Morgan fingerprint density at radius 2 is 2.14 bits per heavy atom. The standard InChI is InChI=1S/C12H13FN2O5S/c1-21(18,19)20-6-7-2-3-8(11(13)14-7)9-4-5-10(16)15-12(9)17/h2-3,9H,4-6H2,1H3,(H,15,16,17). The van der Waals surface area contributed by atoms with Crippen LogP contribution in [0.1, 0.15) is 30.0 Å². The number of hydrogen-bond acceptors (Lipinski definition) is 6. The summed E-state index contributed by atoms with van der Waals surface area (Å²) in [5.74, 6) is -2.60. The van der Waals surface area contributed by atoms with Crippen molar-refractivity contribution in [2.45, 2.75) is 25.4 Å². The first kappa shape index (κ1) is 15.5. The molecule has 1 aromatic heterocycles. The van der Waals surface area contributed by atoms with Gasteiger partial charge >= 0.3 is 0 Å². The minimum absolute atomic E-state index is 0.0723. The zero-order valence-corrected chi connectivity index (χ0v) is 11.9. The molecular weight excluding hydrogens is 303 g/mol. The Labute approximate surface area is 120 Å². The van der Waals surface area contributed by atoms with Crippen molar-refractivity contribution in [2.24, 2.45) is 0 Å². The highest BCUT2D eigenvalue weighted by molar-refractivity contribution is 7.85. The molecule has 0 bridgehead atoms. The molecule has 1 N–H and O–H groups in total. The van der Waals surface area contributed by atoms with Crippen LogP contribution in [-0.2, 0) is 30.5 Å². The van der Waals surface area contributed by atoms with E-state index in [-0.39, 0.29) is 36.6 Å². The van der Waals surface area contributed by atoms with Crippen molar-refractivity contribution in [1.82, 2.24) is 10.3 Å². The fourth-order valence-electron chi connectivity index (χ4n) is 1.98. The maximum Gasteiger partial charge on any atom is 0.264 e. The van der Waals surface area contributed by atoms with Gasteiger partial charge in [0.15, 0.2) is 0 Å². The summed E-state index contributed by atoms with van der Waals surface area (Å²) in [5.41, 5.74) is 0.164. The summed E-state index contributed by atoms with van der Waals surface area (Å²) >= 11 is 0. The highest BCUT2D eigenvalue weighted by Crippen LogP contribution is 2.26. The normalized spacial score (nSPS) is 19.4. The van der Waals surface area contributed by atoms with Crippen LogP contribution in [0.25, 0.3) is 0 Å². The molecule has 21 heavy (non-hydrogen) atoms. The van der Waals surface area contributed by atoms with Crippen LogP contribution in [-0.4, -0.2) is 31.5 Å². The maximum absolute atomic E-state index is 13.9. The van der Waals surface area contributed by atoms with Gasteiger partial charge in [-0.15, -0.1) is 0 Å². The van der Waals surface area contributed by atoms with Crippen LogP contribution in [0.3, 0.4) is 0 Å². The third-order valence-corrected chi connectivity index (χ3v) is 3.52. The Hall–Kier alpha value is -1.87. The second-order valence-corrected chi connectivity index (χ2v) is 6.30. The molecule has 1 aromatic rings.